The lowest BCUT2D eigenvalue weighted by Crippen LogP contribution is -2.19. The maximum Gasteiger partial charge on any atom is 0.222 e. The van der Waals surface area contributed by atoms with E-state index in [0.717, 1.165) is 5.56 Å². The summed E-state index contributed by atoms with van der Waals surface area (Å²) in [5.74, 6) is 0. The second-order valence-corrected chi connectivity index (χ2v) is 4.78. The Bertz CT molecular complexity index is 328. The van der Waals surface area contributed by atoms with Gasteiger partial charge in [0.25, 0.3) is 0 Å². The third kappa shape index (κ3) is 3.00. The van der Waals surface area contributed by atoms with Crippen LogP contribution in [0.5, 0.6) is 0 Å². The zero-order valence-corrected chi connectivity index (χ0v) is 9.69. The lowest BCUT2D eigenvalue weighted by Gasteiger charge is -2.23. The zero-order valence-electron chi connectivity index (χ0n) is 8.18. The van der Waals surface area contributed by atoms with Crippen molar-refractivity contribution in [1.82, 2.24) is 0 Å². The van der Waals surface area contributed by atoms with E-state index in [9.17, 15) is 4.79 Å². The number of carbonyl (C=O) groups excluding carboxylic acids is 1. The first kappa shape index (κ1) is 11.5. The predicted octanol–water partition coefficient (Wildman–Crippen LogP) is 3.77. The summed E-state index contributed by atoms with van der Waals surface area (Å²) in [5, 5.41) is 0.381. The van der Waals surface area contributed by atoms with E-state index in [2.05, 4.69) is 0 Å². The Balaban J connectivity index is 2.91. The van der Waals surface area contributed by atoms with Gasteiger partial charge in [0.1, 0.15) is 0 Å². The first-order valence-corrected chi connectivity index (χ1v) is 5.12. The molecule has 0 aliphatic rings. The van der Waals surface area contributed by atoms with Crippen molar-refractivity contribution >= 4 is 28.4 Å². The van der Waals surface area contributed by atoms with Crippen LogP contribution in [0.4, 0.5) is 0 Å². The van der Waals surface area contributed by atoms with Crippen molar-refractivity contribution in [2.75, 3.05) is 0 Å². The monoisotopic (exact) mass is 230 g/mol. The molecule has 0 atom stereocenters. The minimum atomic E-state index is -0.315. The molecule has 0 radical (unpaired) electrons. The normalized spacial score (nSPS) is 11.4. The van der Waals surface area contributed by atoms with Crippen molar-refractivity contribution in [3.05, 3.63) is 34.9 Å². The van der Waals surface area contributed by atoms with Crippen LogP contribution in [-0.2, 0) is 10.2 Å². The molecule has 1 nitrogen and oxygen atoms in total. The molecule has 0 aliphatic carbocycles. The lowest BCUT2D eigenvalue weighted by atomic mass is 9.82. The van der Waals surface area contributed by atoms with Crippen LogP contribution in [0.25, 0.3) is 0 Å². The number of carbonyl (C=O) groups is 1. The summed E-state index contributed by atoms with van der Waals surface area (Å²) < 4.78 is 0. The van der Waals surface area contributed by atoms with Gasteiger partial charge in [-0.15, -0.1) is 0 Å². The van der Waals surface area contributed by atoms with Crippen LogP contribution in [0.2, 0.25) is 5.02 Å². The van der Waals surface area contributed by atoms with Crippen LogP contribution in [-0.4, -0.2) is 5.24 Å². The predicted molar refractivity (Wildman–Crippen MR) is 60.0 cm³/mol. The van der Waals surface area contributed by atoms with Gasteiger partial charge >= 0.3 is 0 Å². The molecule has 3 heteroatoms. The van der Waals surface area contributed by atoms with Gasteiger partial charge in [0, 0.05) is 11.4 Å². The molecule has 14 heavy (non-hydrogen) atoms. The zero-order chi connectivity index (χ0) is 10.8. The Hall–Kier alpha value is -0.530. The van der Waals surface area contributed by atoms with Gasteiger partial charge in [-0.1, -0.05) is 37.6 Å². The van der Waals surface area contributed by atoms with Crippen molar-refractivity contribution < 1.29 is 4.79 Å². The van der Waals surface area contributed by atoms with E-state index in [1.165, 1.54) is 0 Å². The van der Waals surface area contributed by atoms with Gasteiger partial charge in [-0.3, -0.25) is 4.79 Å². The quantitative estimate of drug-likeness (QED) is 0.723. The Morgan fingerprint density at radius 1 is 1.29 bits per heavy atom. The van der Waals surface area contributed by atoms with Crippen molar-refractivity contribution in [3.63, 3.8) is 0 Å². The first-order valence-electron chi connectivity index (χ1n) is 4.36. The van der Waals surface area contributed by atoms with Gasteiger partial charge in [0.2, 0.25) is 5.24 Å². The van der Waals surface area contributed by atoms with Gasteiger partial charge in [0.15, 0.2) is 0 Å². The molecule has 0 bridgehead atoms. The van der Waals surface area contributed by atoms with Crippen LogP contribution in [0.1, 0.15) is 25.8 Å². The molecule has 0 fully saturated rings. The summed E-state index contributed by atoms with van der Waals surface area (Å²) in [6, 6.07) is 7.47. The fourth-order valence-electron chi connectivity index (χ4n) is 1.35. The van der Waals surface area contributed by atoms with E-state index in [1.807, 2.05) is 38.1 Å². The maximum absolute atomic E-state index is 10.8. The topological polar surface area (TPSA) is 17.1 Å². The van der Waals surface area contributed by atoms with Crippen LogP contribution in [0.15, 0.2) is 24.3 Å². The highest BCUT2D eigenvalue weighted by Gasteiger charge is 2.23. The highest BCUT2D eigenvalue weighted by atomic mass is 35.5. The molecule has 76 valence electrons. The Morgan fingerprint density at radius 2 is 1.79 bits per heavy atom. The molecule has 0 amide bonds. The molecule has 0 aromatic heterocycles. The van der Waals surface area contributed by atoms with Crippen LogP contribution < -0.4 is 0 Å². The van der Waals surface area contributed by atoms with Gasteiger partial charge in [0.05, 0.1) is 0 Å². The third-order valence-corrected chi connectivity index (χ3v) is 2.59. The van der Waals surface area contributed by atoms with Crippen molar-refractivity contribution in [1.29, 1.82) is 0 Å². The largest absolute Gasteiger partial charge is 0.281 e. The fraction of sp³-hybridized carbons (Fsp3) is 0.364. The van der Waals surface area contributed by atoms with Crippen LogP contribution in [0.3, 0.4) is 0 Å². The third-order valence-electron chi connectivity index (χ3n) is 2.21. The van der Waals surface area contributed by atoms with E-state index in [0.29, 0.717) is 11.4 Å². The molecule has 0 saturated heterocycles. The second-order valence-electron chi connectivity index (χ2n) is 3.92. The summed E-state index contributed by atoms with van der Waals surface area (Å²) in [6.45, 7) is 3.97. The van der Waals surface area contributed by atoms with E-state index < -0.39 is 0 Å². The molecule has 0 saturated carbocycles. The number of rotatable bonds is 3. The number of hydrogen-bond acceptors (Lipinski definition) is 1. The van der Waals surface area contributed by atoms with E-state index in [-0.39, 0.29) is 10.7 Å². The average Bonchev–Trinajstić information content (AvgIpc) is 2.02. The van der Waals surface area contributed by atoms with Crippen molar-refractivity contribution in [2.45, 2.75) is 25.7 Å². The summed E-state index contributed by atoms with van der Waals surface area (Å²) in [5.41, 5.74) is 0.833. The van der Waals surface area contributed by atoms with Gasteiger partial charge in [-0.05, 0) is 34.7 Å². The van der Waals surface area contributed by atoms with E-state index >= 15 is 0 Å². The Morgan fingerprint density at radius 3 is 2.21 bits per heavy atom. The minimum absolute atomic E-state index is 0.233. The molecular formula is C11H12Cl2O. The standard InChI is InChI=1S/C11H12Cl2O/c1-11(2,7-10(13)14)8-3-5-9(12)6-4-8/h3-6H,7H2,1-2H3. The first-order chi connectivity index (χ1) is 6.42. The number of halogens is 2. The van der Waals surface area contributed by atoms with Gasteiger partial charge < -0.3 is 0 Å². The molecule has 0 N–H and O–H groups in total. The molecule has 0 spiro atoms. The molecule has 1 aromatic carbocycles. The summed E-state index contributed by atoms with van der Waals surface area (Å²) in [7, 11) is 0. The smallest absolute Gasteiger partial charge is 0.222 e. The van der Waals surface area contributed by atoms with E-state index in [4.69, 9.17) is 23.2 Å². The van der Waals surface area contributed by atoms with Crippen molar-refractivity contribution in [3.8, 4) is 0 Å². The molecule has 0 heterocycles. The minimum Gasteiger partial charge on any atom is -0.281 e. The maximum atomic E-state index is 10.8. The Labute approximate surface area is 94.0 Å². The molecular weight excluding hydrogens is 219 g/mol. The highest BCUT2D eigenvalue weighted by molar-refractivity contribution is 6.63. The summed E-state index contributed by atoms with van der Waals surface area (Å²) in [6.07, 6.45) is 0.330. The second kappa shape index (κ2) is 4.33. The Kier molecular flexibility index (Phi) is 3.57. The number of hydrogen-bond donors (Lipinski definition) is 0. The van der Waals surface area contributed by atoms with E-state index in [1.54, 1.807) is 0 Å². The fourth-order valence-corrected chi connectivity index (χ4v) is 1.81. The highest BCUT2D eigenvalue weighted by Crippen LogP contribution is 2.28. The molecule has 1 aromatic rings. The van der Waals surface area contributed by atoms with Gasteiger partial charge in [-0.2, -0.15) is 0 Å². The number of benzene rings is 1. The molecule has 1 rings (SSSR count). The lowest BCUT2D eigenvalue weighted by molar-refractivity contribution is -0.112. The SMILES string of the molecule is CC(C)(CC(=O)Cl)c1ccc(Cl)cc1. The van der Waals surface area contributed by atoms with Crippen molar-refractivity contribution in [2.24, 2.45) is 0 Å². The molecule has 0 unspecified atom stereocenters. The van der Waals surface area contributed by atoms with Crippen LogP contribution in [0, 0.1) is 0 Å². The summed E-state index contributed by atoms with van der Waals surface area (Å²) in [4.78, 5) is 10.8. The average molecular weight is 231 g/mol. The molecule has 0 aliphatic heterocycles. The van der Waals surface area contributed by atoms with Crippen LogP contribution >= 0.6 is 23.2 Å². The van der Waals surface area contributed by atoms with Gasteiger partial charge in [-0.25, -0.2) is 0 Å². The summed E-state index contributed by atoms with van der Waals surface area (Å²) >= 11 is 11.2.